The fraction of sp³-hybridized carbons (Fsp3) is 0.412. The third-order valence-corrected chi connectivity index (χ3v) is 3.60. The average Bonchev–Trinajstić information content (AvgIpc) is 2.81. The lowest BCUT2D eigenvalue weighted by Crippen LogP contribution is -2.11. The summed E-state index contributed by atoms with van der Waals surface area (Å²) in [5.74, 6) is 0.187. The predicted octanol–water partition coefficient (Wildman–Crippen LogP) is 3.53. The first-order chi connectivity index (χ1) is 9.38. The van der Waals surface area contributed by atoms with E-state index in [-0.39, 0.29) is 11.2 Å². The summed E-state index contributed by atoms with van der Waals surface area (Å²) in [5, 5.41) is 4.11. The van der Waals surface area contributed by atoms with Crippen LogP contribution in [0.15, 0.2) is 36.5 Å². The Kier molecular flexibility index (Phi) is 4.07. The van der Waals surface area contributed by atoms with Gasteiger partial charge in [-0.15, -0.1) is 0 Å². The van der Waals surface area contributed by atoms with Gasteiger partial charge in [0.15, 0.2) is 5.78 Å². The summed E-state index contributed by atoms with van der Waals surface area (Å²) in [6.45, 7) is 6.52. The lowest BCUT2D eigenvalue weighted by atomic mass is 9.86. The van der Waals surface area contributed by atoms with Crippen LogP contribution in [-0.2, 0) is 18.9 Å². The van der Waals surface area contributed by atoms with Gasteiger partial charge in [-0.2, -0.15) is 5.10 Å². The summed E-state index contributed by atoms with van der Waals surface area (Å²) in [5.41, 5.74) is 3.25. The van der Waals surface area contributed by atoms with E-state index in [9.17, 15) is 4.79 Å². The van der Waals surface area contributed by atoms with Gasteiger partial charge in [-0.05, 0) is 23.5 Å². The highest BCUT2D eigenvalue weighted by Crippen LogP contribution is 2.22. The molecule has 3 nitrogen and oxygen atoms in total. The van der Waals surface area contributed by atoms with Crippen molar-refractivity contribution < 1.29 is 4.79 Å². The minimum absolute atomic E-state index is 0.121. The molecule has 0 N–H and O–H groups in total. The zero-order valence-electron chi connectivity index (χ0n) is 12.7. The maximum atomic E-state index is 12.2. The van der Waals surface area contributed by atoms with Gasteiger partial charge in [-0.25, -0.2) is 0 Å². The van der Waals surface area contributed by atoms with Crippen LogP contribution >= 0.6 is 0 Å². The van der Waals surface area contributed by atoms with Gasteiger partial charge >= 0.3 is 0 Å². The van der Waals surface area contributed by atoms with Crippen molar-refractivity contribution in [3.63, 3.8) is 0 Å². The fourth-order valence-corrected chi connectivity index (χ4v) is 2.19. The molecule has 1 heterocycles. The normalized spacial score (nSPS) is 11.6. The Morgan fingerprint density at radius 3 is 2.30 bits per heavy atom. The van der Waals surface area contributed by atoms with E-state index in [0.717, 1.165) is 17.7 Å². The molecule has 0 radical (unpaired) electrons. The third-order valence-electron chi connectivity index (χ3n) is 3.60. The van der Waals surface area contributed by atoms with Crippen LogP contribution in [0.1, 0.15) is 48.8 Å². The van der Waals surface area contributed by atoms with Crippen molar-refractivity contribution in [1.82, 2.24) is 9.78 Å². The minimum atomic E-state index is 0.121. The second-order valence-corrected chi connectivity index (χ2v) is 6.20. The molecule has 20 heavy (non-hydrogen) atoms. The SMILES string of the molecule is Cn1nccc1CCC(=O)c1ccc(C(C)(C)C)cc1. The molecule has 2 aromatic rings. The van der Waals surface area contributed by atoms with Gasteiger partial charge in [0.1, 0.15) is 0 Å². The molecule has 0 aliphatic heterocycles. The average molecular weight is 270 g/mol. The summed E-state index contributed by atoms with van der Waals surface area (Å²) in [6, 6.07) is 9.93. The van der Waals surface area contributed by atoms with Crippen molar-refractivity contribution in [2.45, 2.75) is 39.0 Å². The molecule has 3 heteroatoms. The molecule has 0 spiro atoms. The number of carbonyl (C=O) groups is 1. The molecule has 0 aliphatic rings. The maximum absolute atomic E-state index is 12.2. The van der Waals surface area contributed by atoms with Crippen molar-refractivity contribution in [3.8, 4) is 0 Å². The monoisotopic (exact) mass is 270 g/mol. The Labute approximate surface area is 120 Å². The van der Waals surface area contributed by atoms with Crippen LogP contribution in [-0.4, -0.2) is 15.6 Å². The molecule has 0 bridgehead atoms. The Bertz CT molecular complexity index is 588. The van der Waals surface area contributed by atoms with Crippen LogP contribution in [0.25, 0.3) is 0 Å². The first kappa shape index (κ1) is 14.5. The first-order valence-corrected chi connectivity index (χ1v) is 6.98. The third kappa shape index (κ3) is 3.35. The van der Waals surface area contributed by atoms with Crippen molar-refractivity contribution in [3.05, 3.63) is 53.3 Å². The van der Waals surface area contributed by atoms with Crippen LogP contribution < -0.4 is 0 Å². The predicted molar refractivity (Wildman–Crippen MR) is 81.0 cm³/mol. The number of ketones is 1. The van der Waals surface area contributed by atoms with Crippen molar-refractivity contribution in [2.75, 3.05) is 0 Å². The van der Waals surface area contributed by atoms with E-state index in [2.05, 4.69) is 38.0 Å². The topological polar surface area (TPSA) is 34.9 Å². The molecule has 0 aliphatic carbocycles. The second kappa shape index (κ2) is 5.61. The molecule has 106 valence electrons. The van der Waals surface area contributed by atoms with E-state index in [1.54, 1.807) is 6.20 Å². The van der Waals surface area contributed by atoms with Gasteiger partial charge in [-0.1, -0.05) is 45.0 Å². The lowest BCUT2D eigenvalue weighted by Gasteiger charge is -2.18. The number of aromatic nitrogens is 2. The quantitative estimate of drug-likeness (QED) is 0.797. The number of hydrogen-bond donors (Lipinski definition) is 0. The van der Waals surface area contributed by atoms with Gasteiger partial charge in [-0.3, -0.25) is 9.48 Å². The number of aryl methyl sites for hydroxylation is 2. The van der Waals surface area contributed by atoms with Crippen LogP contribution in [0, 0.1) is 0 Å². The molecule has 0 saturated carbocycles. The number of nitrogens with zero attached hydrogens (tertiary/aromatic N) is 2. The van der Waals surface area contributed by atoms with Crippen LogP contribution in [0.2, 0.25) is 0 Å². The Morgan fingerprint density at radius 2 is 1.80 bits per heavy atom. The number of benzene rings is 1. The smallest absolute Gasteiger partial charge is 0.163 e. The molecule has 0 fully saturated rings. The first-order valence-electron chi connectivity index (χ1n) is 6.98. The van der Waals surface area contributed by atoms with Crippen molar-refractivity contribution in [2.24, 2.45) is 7.05 Å². The van der Waals surface area contributed by atoms with Crippen molar-refractivity contribution >= 4 is 5.78 Å². The molecule has 0 amide bonds. The molecule has 0 unspecified atom stereocenters. The Hall–Kier alpha value is -1.90. The van der Waals surface area contributed by atoms with Gasteiger partial charge in [0.25, 0.3) is 0 Å². The summed E-state index contributed by atoms with van der Waals surface area (Å²) < 4.78 is 1.82. The highest BCUT2D eigenvalue weighted by atomic mass is 16.1. The van der Waals surface area contributed by atoms with E-state index < -0.39 is 0 Å². The summed E-state index contributed by atoms with van der Waals surface area (Å²) >= 11 is 0. The molecule has 2 rings (SSSR count). The number of carbonyl (C=O) groups excluding carboxylic acids is 1. The molecule has 0 saturated heterocycles. The zero-order valence-corrected chi connectivity index (χ0v) is 12.7. The molecule has 0 atom stereocenters. The number of rotatable bonds is 4. The number of hydrogen-bond acceptors (Lipinski definition) is 2. The van der Waals surface area contributed by atoms with Gasteiger partial charge in [0, 0.05) is 30.9 Å². The van der Waals surface area contributed by atoms with Crippen LogP contribution in [0.3, 0.4) is 0 Å². The van der Waals surface area contributed by atoms with Crippen LogP contribution in [0.4, 0.5) is 0 Å². The molecule has 1 aromatic carbocycles. The highest BCUT2D eigenvalue weighted by molar-refractivity contribution is 5.96. The Balaban J connectivity index is 2.01. The highest BCUT2D eigenvalue weighted by Gasteiger charge is 2.14. The zero-order chi connectivity index (χ0) is 14.8. The van der Waals surface area contributed by atoms with Gasteiger partial charge < -0.3 is 0 Å². The van der Waals surface area contributed by atoms with E-state index >= 15 is 0 Å². The second-order valence-electron chi connectivity index (χ2n) is 6.20. The van der Waals surface area contributed by atoms with Crippen LogP contribution in [0.5, 0.6) is 0 Å². The summed E-state index contributed by atoms with van der Waals surface area (Å²) in [4.78, 5) is 12.2. The number of Topliss-reactive ketones (excluding diaryl/α,β-unsaturated/α-hetero) is 1. The lowest BCUT2D eigenvalue weighted by molar-refractivity contribution is 0.0982. The largest absolute Gasteiger partial charge is 0.294 e. The maximum Gasteiger partial charge on any atom is 0.163 e. The molecule has 1 aromatic heterocycles. The van der Waals surface area contributed by atoms with E-state index in [0.29, 0.717) is 6.42 Å². The standard InChI is InChI=1S/C17H22N2O/c1-17(2,3)14-7-5-13(6-8-14)16(20)10-9-15-11-12-18-19(15)4/h5-8,11-12H,9-10H2,1-4H3. The Morgan fingerprint density at radius 1 is 1.15 bits per heavy atom. The van der Waals surface area contributed by atoms with E-state index in [1.807, 2.05) is 29.9 Å². The minimum Gasteiger partial charge on any atom is -0.294 e. The van der Waals surface area contributed by atoms with Gasteiger partial charge in [0.05, 0.1) is 0 Å². The summed E-state index contributed by atoms with van der Waals surface area (Å²) in [6.07, 6.45) is 3.02. The molecular weight excluding hydrogens is 248 g/mol. The van der Waals surface area contributed by atoms with E-state index in [1.165, 1.54) is 5.56 Å². The van der Waals surface area contributed by atoms with Crippen molar-refractivity contribution in [1.29, 1.82) is 0 Å². The van der Waals surface area contributed by atoms with Gasteiger partial charge in [0.2, 0.25) is 0 Å². The summed E-state index contributed by atoms with van der Waals surface area (Å²) in [7, 11) is 1.90. The molecular formula is C17H22N2O. The fourth-order valence-electron chi connectivity index (χ4n) is 2.19. The van der Waals surface area contributed by atoms with E-state index in [4.69, 9.17) is 0 Å².